The standard InChI is InChI=1S/C19H20N2O/c1-14-9-10-17(18(22)12-14)21-19-16(8-5-11-20-19)13-15-6-3-2-4-7-15/h2-7,9-12,16,22H,8,13H2,1H3,(H,20,21). The molecule has 1 heterocycles. The second-order valence-electron chi connectivity index (χ2n) is 5.67. The fourth-order valence-electron chi connectivity index (χ4n) is 2.67. The van der Waals surface area contributed by atoms with Crippen LogP contribution in [0.4, 0.5) is 5.69 Å². The molecule has 2 N–H and O–H groups in total. The molecule has 0 saturated heterocycles. The highest BCUT2D eigenvalue weighted by Crippen LogP contribution is 2.27. The van der Waals surface area contributed by atoms with E-state index in [1.54, 1.807) is 6.07 Å². The number of aliphatic imine (C=N–C) groups is 1. The number of benzene rings is 2. The van der Waals surface area contributed by atoms with E-state index in [0.717, 1.165) is 24.2 Å². The molecular formula is C19H20N2O. The first-order valence-electron chi connectivity index (χ1n) is 7.55. The van der Waals surface area contributed by atoms with Crippen LogP contribution in [0.1, 0.15) is 17.5 Å². The second-order valence-corrected chi connectivity index (χ2v) is 5.67. The molecule has 3 heteroatoms. The number of anilines is 1. The minimum Gasteiger partial charge on any atom is -0.506 e. The minimum absolute atomic E-state index is 0.260. The van der Waals surface area contributed by atoms with Gasteiger partial charge in [-0.1, -0.05) is 42.5 Å². The van der Waals surface area contributed by atoms with Crippen LogP contribution in [-0.2, 0) is 6.42 Å². The number of hydrogen-bond acceptors (Lipinski definition) is 3. The smallest absolute Gasteiger partial charge is 0.139 e. The van der Waals surface area contributed by atoms with E-state index in [4.69, 9.17) is 0 Å². The van der Waals surface area contributed by atoms with Gasteiger partial charge in [0.1, 0.15) is 11.6 Å². The van der Waals surface area contributed by atoms with E-state index in [1.165, 1.54) is 5.56 Å². The number of phenolic OH excluding ortho intramolecular Hbond substituents is 1. The van der Waals surface area contributed by atoms with Gasteiger partial charge in [-0.25, -0.2) is 4.99 Å². The van der Waals surface area contributed by atoms with Crippen molar-refractivity contribution in [1.29, 1.82) is 0 Å². The summed E-state index contributed by atoms with van der Waals surface area (Å²) in [5.74, 6) is 1.47. The van der Waals surface area contributed by atoms with Crippen LogP contribution in [0.5, 0.6) is 5.75 Å². The third kappa shape index (κ3) is 3.37. The average Bonchev–Trinajstić information content (AvgIpc) is 2.53. The van der Waals surface area contributed by atoms with E-state index in [-0.39, 0.29) is 5.75 Å². The summed E-state index contributed by atoms with van der Waals surface area (Å²) in [5, 5.41) is 13.4. The molecule has 1 atom stereocenters. The molecule has 3 rings (SSSR count). The number of hydrogen-bond donors (Lipinski definition) is 2. The monoisotopic (exact) mass is 292 g/mol. The van der Waals surface area contributed by atoms with Crippen molar-refractivity contribution >= 4 is 11.5 Å². The minimum atomic E-state index is 0.260. The molecule has 0 amide bonds. The molecule has 0 spiro atoms. The number of nitrogens with zero attached hydrogens (tertiary/aromatic N) is 1. The molecule has 0 aliphatic carbocycles. The predicted molar refractivity (Wildman–Crippen MR) is 91.3 cm³/mol. The zero-order chi connectivity index (χ0) is 15.4. The maximum absolute atomic E-state index is 10.1. The summed E-state index contributed by atoms with van der Waals surface area (Å²) in [6.07, 6.45) is 5.81. The quantitative estimate of drug-likeness (QED) is 0.829. The molecule has 112 valence electrons. The molecule has 2 aromatic rings. The number of aromatic hydroxyl groups is 1. The number of aryl methyl sites for hydroxylation is 1. The molecule has 0 radical (unpaired) electrons. The fraction of sp³-hybridized carbons (Fsp3) is 0.211. The van der Waals surface area contributed by atoms with E-state index in [1.807, 2.05) is 31.3 Å². The van der Waals surface area contributed by atoms with Gasteiger partial charge in [-0.05, 0) is 43.0 Å². The van der Waals surface area contributed by atoms with Crippen molar-refractivity contribution in [3.05, 3.63) is 71.9 Å². The van der Waals surface area contributed by atoms with Gasteiger partial charge < -0.3 is 10.4 Å². The number of nitrogens with one attached hydrogen (secondary N) is 1. The largest absolute Gasteiger partial charge is 0.506 e. The van der Waals surface area contributed by atoms with Crippen LogP contribution >= 0.6 is 0 Å². The van der Waals surface area contributed by atoms with E-state index >= 15 is 0 Å². The lowest BCUT2D eigenvalue weighted by molar-refractivity contribution is 0.477. The van der Waals surface area contributed by atoms with Gasteiger partial charge in [-0.15, -0.1) is 0 Å². The lowest BCUT2D eigenvalue weighted by Crippen LogP contribution is -2.26. The third-order valence-corrected chi connectivity index (χ3v) is 3.87. The summed E-state index contributed by atoms with van der Waals surface area (Å²) in [6, 6.07) is 16.1. The Hall–Kier alpha value is -2.55. The summed E-state index contributed by atoms with van der Waals surface area (Å²) < 4.78 is 0. The molecule has 1 aliphatic heterocycles. The van der Waals surface area contributed by atoms with E-state index in [0.29, 0.717) is 11.6 Å². The summed E-state index contributed by atoms with van der Waals surface area (Å²) in [4.78, 5) is 4.48. The SMILES string of the molecule is Cc1ccc(NC2=NC=CCC2Cc2ccccc2)c(O)c1. The molecule has 0 bridgehead atoms. The molecule has 3 nitrogen and oxygen atoms in total. The average molecular weight is 292 g/mol. The van der Waals surface area contributed by atoms with Crippen LogP contribution in [0.15, 0.2) is 65.8 Å². The van der Waals surface area contributed by atoms with Crippen molar-refractivity contribution in [2.75, 3.05) is 5.32 Å². The van der Waals surface area contributed by atoms with Crippen molar-refractivity contribution in [3.8, 4) is 5.75 Å². The first-order chi connectivity index (χ1) is 10.7. The van der Waals surface area contributed by atoms with Gasteiger partial charge in [-0.2, -0.15) is 0 Å². The first kappa shape index (κ1) is 14.4. The van der Waals surface area contributed by atoms with Crippen molar-refractivity contribution < 1.29 is 5.11 Å². The van der Waals surface area contributed by atoms with Crippen molar-refractivity contribution in [3.63, 3.8) is 0 Å². The summed E-state index contributed by atoms with van der Waals surface area (Å²) in [5.41, 5.74) is 3.04. The van der Waals surface area contributed by atoms with Gasteiger partial charge in [0, 0.05) is 12.1 Å². The highest BCUT2D eigenvalue weighted by atomic mass is 16.3. The van der Waals surface area contributed by atoms with Crippen LogP contribution in [0.25, 0.3) is 0 Å². The highest BCUT2D eigenvalue weighted by Gasteiger charge is 2.19. The van der Waals surface area contributed by atoms with Crippen LogP contribution in [0.2, 0.25) is 0 Å². The summed E-state index contributed by atoms with van der Waals surface area (Å²) in [6.45, 7) is 1.96. The number of phenols is 1. The molecule has 0 fully saturated rings. The maximum atomic E-state index is 10.1. The number of amidine groups is 1. The van der Waals surface area contributed by atoms with Crippen molar-refractivity contribution in [1.82, 2.24) is 0 Å². The predicted octanol–water partition coefficient (Wildman–Crippen LogP) is 4.29. The topological polar surface area (TPSA) is 44.6 Å². The Balaban J connectivity index is 1.78. The molecule has 0 saturated carbocycles. The highest BCUT2D eigenvalue weighted by molar-refractivity contribution is 5.99. The van der Waals surface area contributed by atoms with Gasteiger partial charge in [0.25, 0.3) is 0 Å². The van der Waals surface area contributed by atoms with Crippen molar-refractivity contribution in [2.24, 2.45) is 10.9 Å². The van der Waals surface area contributed by atoms with Gasteiger partial charge >= 0.3 is 0 Å². The summed E-state index contributed by atoms with van der Waals surface area (Å²) in [7, 11) is 0. The normalized spacial score (nSPS) is 17.1. The molecule has 2 aromatic carbocycles. The Kier molecular flexibility index (Phi) is 4.24. The molecular weight excluding hydrogens is 272 g/mol. The van der Waals surface area contributed by atoms with Crippen LogP contribution in [0.3, 0.4) is 0 Å². The third-order valence-electron chi connectivity index (χ3n) is 3.87. The van der Waals surface area contributed by atoms with Crippen LogP contribution in [-0.4, -0.2) is 10.9 Å². The fourth-order valence-corrected chi connectivity index (χ4v) is 2.67. The van der Waals surface area contributed by atoms with Gasteiger partial charge in [0.15, 0.2) is 0 Å². The lowest BCUT2D eigenvalue weighted by Gasteiger charge is -2.22. The zero-order valence-electron chi connectivity index (χ0n) is 12.7. The Morgan fingerprint density at radius 1 is 1.18 bits per heavy atom. The van der Waals surface area contributed by atoms with E-state index in [2.05, 4.69) is 40.7 Å². The lowest BCUT2D eigenvalue weighted by atomic mass is 9.93. The maximum Gasteiger partial charge on any atom is 0.139 e. The number of allylic oxidation sites excluding steroid dienone is 1. The van der Waals surface area contributed by atoms with Gasteiger partial charge in [0.2, 0.25) is 0 Å². The van der Waals surface area contributed by atoms with Crippen LogP contribution < -0.4 is 5.32 Å². The molecule has 0 aromatic heterocycles. The molecule has 1 aliphatic rings. The second kappa shape index (κ2) is 6.48. The Morgan fingerprint density at radius 2 is 2.00 bits per heavy atom. The van der Waals surface area contributed by atoms with E-state index in [9.17, 15) is 5.11 Å². The van der Waals surface area contributed by atoms with E-state index < -0.39 is 0 Å². The van der Waals surface area contributed by atoms with Crippen molar-refractivity contribution in [2.45, 2.75) is 19.8 Å². The summed E-state index contributed by atoms with van der Waals surface area (Å²) >= 11 is 0. The Labute approximate surface area is 131 Å². The Morgan fingerprint density at radius 3 is 2.77 bits per heavy atom. The number of rotatable bonds is 3. The van der Waals surface area contributed by atoms with Crippen LogP contribution in [0, 0.1) is 12.8 Å². The Bertz CT molecular complexity index is 705. The van der Waals surface area contributed by atoms with Gasteiger partial charge in [0.05, 0.1) is 5.69 Å². The molecule has 1 unspecified atom stereocenters. The zero-order valence-corrected chi connectivity index (χ0v) is 12.7. The van der Waals surface area contributed by atoms with Gasteiger partial charge in [-0.3, -0.25) is 0 Å². The molecule has 22 heavy (non-hydrogen) atoms. The first-order valence-corrected chi connectivity index (χ1v) is 7.55.